The Morgan fingerprint density at radius 1 is 1.20 bits per heavy atom. The Balaban J connectivity index is 1.49. The first-order valence-electron chi connectivity index (χ1n) is 8.74. The van der Waals surface area contributed by atoms with Crippen LogP contribution in [0.25, 0.3) is 0 Å². The number of rotatable bonds is 6. The van der Waals surface area contributed by atoms with Crippen LogP contribution in [0.15, 0.2) is 36.9 Å². The Labute approximate surface area is 148 Å². The summed E-state index contributed by atoms with van der Waals surface area (Å²) in [5, 5.41) is 4.06. The standard InChI is InChI=1S/C18H25N5O2/c1-3-25-17-6-4-16(5-7-17)12-21-8-10-22(11-9-21)18(24)15(2)23-14-19-13-20-23/h4-7,13-15H,3,8-12H2,1-2H3/t15-/m1/s1. The van der Waals surface area contributed by atoms with Crippen LogP contribution in [-0.4, -0.2) is 63.3 Å². The van der Waals surface area contributed by atoms with Crippen LogP contribution in [-0.2, 0) is 11.3 Å². The molecule has 2 heterocycles. The van der Waals surface area contributed by atoms with E-state index in [1.807, 2.05) is 30.9 Å². The summed E-state index contributed by atoms with van der Waals surface area (Å²) in [6.45, 7) is 8.67. The van der Waals surface area contributed by atoms with E-state index in [0.29, 0.717) is 6.61 Å². The fourth-order valence-electron chi connectivity index (χ4n) is 3.04. The van der Waals surface area contributed by atoms with Crippen molar-refractivity contribution in [2.75, 3.05) is 32.8 Å². The molecule has 7 nitrogen and oxygen atoms in total. The first-order valence-corrected chi connectivity index (χ1v) is 8.74. The minimum Gasteiger partial charge on any atom is -0.494 e. The summed E-state index contributed by atoms with van der Waals surface area (Å²) in [6.07, 6.45) is 3.04. The van der Waals surface area contributed by atoms with Crippen molar-refractivity contribution in [2.45, 2.75) is 26.4 Å². The number of nitrogens with zero attached hydrogens (tertiary/aromatic N) is 5. The van der Waals surface area contributed by atoms with Crippen molar-refractivity contribution < 1.29 is 9.53 Å². The molecule has 0 unspecified atom stereocenters. The van der Waals surface area contributed by atoms with Gasteiger partial charge < -0.3 is 9.64 Å². The molecular formula is C18H25N5O2. The van der Waals surface area contributed by atoms with E-state index in [1.54, 1.807) is 11.0 Å². The first-order chi connectivity index (χ1) is 12.2. The van der Waals surface area contributed by atoms with Gasteiger partial charge in [0.15, 0.2) is 0 Å². The molecule has 0 N–H and O–H groups in total. The Kier molecular flexibility index (Phi) is 5.65. The highest BCUT2D eigenvalue weighted by atomic mass is 16.5. The third kappa shape index (κ3) is 4.36. The van der Waals surface area contributed by atoms with E-state index in [2.05, 4.69) is 27.1 Å². The van der Waals surface area contributed by atoms with Gasteiger partial charge in [-0.2, -0.15) is 5.10 Å². The lowest BCUT2D eigenvalue weighted by molar-refractivity contribution is -0.136. The molecular weight excluding hydrogens is 318 g/mol. The third-order valence-corrected chi connectivity index (χ3v) is 4.52. The number of piperazine rings is 1. The van der Waals surface area contributed by atoms with Crippen molar-refractivity contribution in [3.63, 3.8) is 0 Å². The van der Waals surface area contributed by atoms with Gasteiger partial charge in [-0.05, 0) is 31.5 Å². The number of carbonyl (C=O) groups excluding carboxylic acids is 1. The fraction of sp³-hybridized carbons (Fsp3) is 0.500. The minimum atomic E-state index is -0.305. The normalized spacial score (nSPS) is 16.6. The first kappa shape index (κ1) is 17.4. The maximum atomic E-state index is 12.6. The second-order valence-corrected chi connectivity index (χ2v) is 6.23. The van der Waals surface area contributed by atoms with Gasteiger partial charge in [-0.1, -0.05) is 12.1 Å². The van der Waals surface area contributed by atoms with Crippen molar-refractivity contribution in [3.8, 4) is 5.75 Å². The molecule has 1 fully saturated rings. The predicted octanol–water partition coefficient (Wildman–Crippen LogP) is 1.58. The zero-order valence-electron chi connectivity index (χ0n) is 14.8. The van der Waals surface area contributed by atoms with Crippen LogP contribution in [0, 0.1) is 0 Å². The monoisotopic (exact) mass is 343 g/mol. The largest absolute Gasteiger partial charge is 0.494 e. The van der Waals surface area contributed by atoms with E-state index in [-0.39, 0.29) is 11.9 Å². The second-order valence-electron chi connectivity index (χ2n) is 6.23. The number of hydrogen-bond donors (Lipinski definition) is 0. The quantitative estimate of drug-likeness (QED) is 0.797. The van der Waals surface area contributed by atoms with E-state index in [1.165, 1.54) is 11.9 Å². The molecule has 1 aliphatic heterocycles. The Bertz CT molecular complexity index is 663. The molecule has 0 radical (unpaired) electrons. The van der Waals surface area contributed by atoms with Crippen LogP contribution in [0.3, 0.4) is 0 Å². The highest BCUT2D eigenvalue weighted by Crippen LogP contribution is 2.16. The van der Waals surface area contributed by atoms with Gasteiger partial charge in [0.25, 0.3) is 0 Å². The SMILES string of the molecule is CCOc1ccc(CN2CCN(C(=O)[C@@H](C)n3cncn3)CC2)cc1. The topological polar surface area (TPSA) is 63.5 Å². The third-order valence-electron chi connectivity index (χ3n) is 4.52. The summed E-state index contributed by atoms with van der Waals surface area (Å²) >= 11 is 0. The summed E-state index contributed by atoms with van der Waals surface area (Å²) < 4.78 is 7.08. The van der Waals surface area contributed by atoms with Crippen molar-refractivity contribution in [2.24, 2.45) is 0 Å². The summed E-state index contributed by atoms with van der Waals surface area (Å²) in [4.78, 5) is 20.8. The fourth-order valence-corrected chi connectivity index (χ4v) is 3.04. The highest BCUT2D eigenvalue weighted by Gasteiger charge is 2.26. The molecule has 134 valence electrons. The van der Waals surface area contributed by atoms with Gasteiger partial charge >= 0.3 is 0 Å². The van der Waals surface area contributed by atoms with Crippen LogP contribution in [0.1, 0.15) is 25.5 Å². The molecule has 0 spiro atoms. The number of benzene rings is 1. The average molecular weight is 343 g/mol. The Morgan fingerprint density at radius 2 is 1.92 bits per heavy atom. The molecule has 1 aromatic heterocycles. The molecule has 0 saturated carbocycles. The molecule has 1 amide bonds. The number of aromatic nitrogens is 3. The summed E-state index contributed by atoms with van der Waals surface area (Å²) in [7, 11) is 0. The summed E-state index contributed by atoms with van der Waals surface area (Å²) in [6, 6.07) is 7.93. The second kappa shape index (κ2) is 8.11. The van der Waals surface area contributed by atoms with Gasteiger partial charge in [0, 0.05) is 32.7 Å². The number of ether oxygens (including phenoxy) is 1. The van der Waals surface area contributed by atoms with E-state index in [9.17, 15) is 4.79 Å². The van der Waals surface area contributed by atoms with Crippen molar-refractivity contribution in [1.82, 2.24) is 24.6 Å². The molecule has 3 rings (SSSR count). The molecule has 0 aliphatic carbocycles. The molecule has 7 heteroatoms. The Morgan fingerprint density at radius 3 is 2.52 bits per heavy atom. The smallest absolute Gasteiger partial charge is 0.247 e. The number of carbonyl (C=O) groups is 1. The lowest BCUT2D eigenvalue weighted by Gasteiger charge is -2.35. The van der Waals surface area contributed by atoms with Crippen molar-refractivity contribution in [3.05, 3.63) is 42.5 Å². The number of hydrogen-bond acceptors (Lipinski definition) is 5. The van der Waals surface area contributed by atoms with Crippen molar-refractivity contribution in [1.29, 1.82) is 0 Å². The average Bonchev–Trinajstić information content (AvgIpc) is 3.18. The van der Waals surface area contributed by atoms with Crippen LogP contribution in [0.5, 0.6) is 5.75 Å². The lowest BCUT2D eigenvalue weighted by Crippen LogP contribution is -2.49. The van der Waals surface area contributed by atoms with Crippen LogP contribution < -0.4 is 4.74 Å². The summed E-state index contributed by atoms with van der Waals surface area (Å²) in [5.74, 6) is 1.01. The van der Waals surface area contributed by atoms with Gasteiger partial charge in [-0.3, -0.25) is 9.69 Å². The van der Waals surface area contributed by atoms with Crippen LogP contribution >= 0.6 is 0 Å². The molecule has 2 aromatic rings. The zero-order chi connectivity index (χ0) is 17.6. The van der Waals surface area contributed by atoms with Gasteiger partial charge in [-0.15, -0.1) is 0 Å². The molecule has 1 aromatic carbocycles. The molecule has 0 bridgehead atoms. The maximum Gasteiger partial charge on any atom is 0.247 e. The highest BCUT2D eigenvalue weighted by molar-refractivity contribution is 5.80. The molecule has 1 aliphatic rings. The van der Waals surface area contributed by atoms with E-state index in [0.717, 1.165) is 38.5 Å². The van der Waals surface area contributed by atoms with E-state index >= 15 is 0 Å². The Hall–Kier alpha value is -2.41. The van der Waals surface area contributed by atoms with Gasteiger partial charge in [0.05, 0.1) is 6.61 Å². The van der Waals surface area contributed by atoms with Gasteiger partial charge in [-0.25, -0.2) is 9.67 Å². The molecule has 1 atom stereocenters. The minimum absolute atomic E-state index is 0.103. The molecule has 25 heavy (non-hydrogen) atoms. The maximum absolute atomic E-state index is 12.6. The van der Waals surface area contributed by atoms with Gasteiger partial charge in [0.2, 0.25) is 5.91 Å². The summed E-state index contributed by atoms with van der Waals surface area (Å²) in [5.41, 5.74) is 1.26. The zero-order valence-corrected chi connectivity index (χ0v) is 14.8. The molecule has 1 saturated heterocycles. The van der Waals surface area contributed by atoms with Gasteiger partial charge in [0.1, 0.15) is 24.4 Å². The van der Waals surface area contributed by atoms with Crippen molar-refractivity contribution >= 4 is 5.91 Å². The van der Waals surface area contributed by atoms with E-state index in [4.69, 9.17) is 4.74 Å². The number of amides is 1. The van der Waals surface area contributed by atoms with Crippen LogP contribution in [0.4, 0.5) is 0 Å². The van der Waals surface area contributed by atoms with Crippen LogP contribution in [0.2, 0.25) is 0 Å². The predicted molar refractivity (Wildman–Crippen MR) is 94.2 cm³/mol. The van der Waals surface area contributed by atoms with E-state index < -0.39 is 0 Å². The lowest BCUT2D eigenvalue weighted by atomic mass is 10.2.